The summed E-state index contributed by atoms with van der Waals surface area (Å²) in [5, 5.41) is 8.69. The SMILES string of the molecule is CCO[C@@H]1C[C@H]2C(=O)NC3(CC(C)(C)C3)C(=O)N(C)[C@@H](C3CCCC3)C(=O)N(C)[C@H](C(=O)N(C)C)CC(=O)N(C)[C@@H](CC(C)C)C(=O)N[C@@H]([C@@H](C)CC)C(=O)N(C)CC(=O)N(C)[C@H]3C/C=C\CCN(C3=O)[C@@H](CC3CCC4C(CCC4(F)F)C3)C(=O)N(C)CC(=O)N[C@@H](CCC3CC(F)C(C(F)(F)F)C(OC)C3)C(=O)N2C1. The van der Waals surface area contributed by atoms with E-state index in [2.05, 4.69) is 16.0 Å². The van der Waals surface area contributed by atoms with Crippen molar-refractivity contribution >= 4 is 70.9 Å². The van der Waals surface area contributed by atoms with Gasteiger partial charge in [-0.2, -0.15) is 13.2 Å². The molecule has 0 radical (unpaired) electrons. The summed E-state index contributed by atoms with van der Waals surface area (Å²) in [4.78, 5) is 194. The molecule has 8 rings (SSSR count). The van der Waals surface area contributed by atoms with Crippen LogP contribution in [0, 0.1) is 52.8 Å². The van der Waals surface area contributed by atoms with E-state index in [0.29, 0.717) is 38.5 Å². The number of fused-ring (bicyclic) bond motifs is 4. The van der Waals surface area contributed by atoms with Crippen LogP contribution in [-0.4, -0.2) is 296 Å². The fourth-order valence-electron chi connectivity index (χ4n) is 19.5. The van der Waals surface area contributed by atoms with E-state index in [1.54, 1.807) is 32.9 Å². The number of hydrogen-bond donors (Lipinski definition) is 3. The maximum Gasteiger partial charge on any atom is 0.397 e. The van der Waals surface area contributed by atoms with Crippen molar-refractivity contribution in [3.63, 3.8) is 0 Å². The zero-order chi connectivity index (χ0) is 83.1. The first-order chi connectivity index (χ1) is 52.4. The number of nitrogens with one attached hydrogen (secondary N) is 3. The Balaban J connectivity index is 1.22. The zero-order valence-corrected chi connectivity index (χ0v) is 68.7. The molecule has 32 heteroatoms. The van der Waals surface area contributed by atoms with E-state index in [1.165, 1.54) is 85.8 Å². The first-order valence-electron chi connectivity index (χ1n) is 40.6. The van der Waals surface area contributed by atoms with Gasteiger partial charge < -0.3 is 69.5 Å². The third-order valence-electron chi connectivity index (χ3n) is 25.8. The fourth-order valence-corrected chi connectivity index (χ4v) is 19.5. The van der Waals surface area contributed by atoms with Gasteiger partial charge in [0.25, 0.3) is 5.92 Å². The van der Waals surface area contributed by atoms with Gasteiger partial charge in [0.2, 0.25) is 70.9 Å². The number of carbonyl (C=O) groups is 12. The van der Waals surface area contributed by atoms with Crippen LogP contribution in [0.2, 0.25) is 0 Å². The van der Waals surface area contributed by atoms with Crippen LogP contribution < -0.4 is 16.0 Å². The average molecular weight is 1590 g/mol. The Morgan fingerprint density at radius 1 is 0.688 bits per heavy atom. The molecule has 2 bridgehead atoms. The lowest BCUT2D eigenvalue weighted by molar-refractivity contribution is -0.233. The van der Waals surface area contributed by atoms with Gasteiger partial charge in [0, 0.05) is 102 Å². The topological polar surface area (TPSA) is 289 Å². The highest BCUT2D eigenvalue weighted by Crippen LogP contribution is 2.54. The minimum Gasteiger partial charge on any atom is -0.381 e. The third kappa shape index (κ3) is 20.9. The van der Waals surface area contributed by atoms with Crippen LogP contribution in [0.25, 0.3) is 0 Å². The van der Waals surface area contributed by atoms with E-state index in [-0.39, 0.29) is 127 Å². The van der Waals surface area contributed by atoms with Crippen LogP contribution in [-0.2, 0) is 67.0 Å². The maximum atomic E-state index is 15.9. The molecule has 5 aliphatic carbocycles. The fraction of sp³-hybridized carbons (Fsp3) is 0.825. The third-order valence-corrected chi connectivity index (χ3v) is 25.8. The van der Waals surface area contributed by atoms with Crippen molar-refractivity contribution in [2.24, 2.45) is 52.8 Å². The standard InChI is InChI=1S/C80H126F6N12O14/c1-17-47(5)66-74(108)92(11)43-64(101)93(12)56-26-20-19-23-33-97(73(56)107)60(37-48-27-29-53-51(35-48)31-32-79(53,82)83)72(106)91(10)42-62(99)87-55(30-28-49-36-54(81)65(80(84,85)86)61(38-49)111-16)70(104)98-41-52(112-18-2)39-58(98)69(103)89-78(44-77(6,7)45-78)76(110)96(15)67(50-24-21-22-25-50)75(109)95(14)59(71(105)90(8)9)40-63(100)94(13)57(34-46(3)4)68(102)88-66/h19-20,46-61,65-67H,17-18,21-45H2,1-16H3,(H,87,99)(H,88,102)(H,89,103)/b20-19-/t47-,48?,49?,51?,52+,53?,54?,55-,56-,57-,58-,59-,60-,61?,65?,66-,67-/m0/s1. The summed E-state index contributed by atoms with van der Waals surface area (Å²) >= 11 is 0. The predicted molar refractivity (Wildman–Crippen MR) is 403 cm³/mol. The molecule has 17 atom stereocenters. The van der Waals surface area contributed by atoms with E-state index in [1.807, 2.05) is 27.7 Å². The first kappa shape index (κ1) is 90.4. The van der Waals surface area contributed by atoms with Crippen LogP contribution in [0.1, 0.15) is 190 Å². The molecule has 5 saturated carbocycles. The molecule has 7 unspecified atom stereocenters. The maximum absolute atomic E-state index is 15.9. The van der Waals surface area contributed by atoms with Crippen LogP contribution >= 0.6 is 0 Å². The Bertz CT molecular complexity index is 3420. The molecule has 112 heavy (non-hydrogen) atoms. The van der Waals surface area contributed by atoms with E-state index < -0.39 is 216 Å². The smallest absolute Gasteiger partial charge is 0.381 e. The number of halogens is 6. The summed E-state index contributed by atoms with van der Waals surface area (Å²) in [5.41, 5.74) is -2.30. The second kappa shape index (κ2) is 37.7. The summed E-state index contributed by atoms with van der Waals surface area (Å²) in [5.74, 6) is -17.9. The van der Waals surface area contributed by atoms with Crippen molar-refractivity contribution in [2.45, 2.75) is 274 Å². The van der Waals surface area contributed by atoms with Gasteiger partial charge in [-0.05, 0) is 151 Å². The Labute approximate surface area is 656 Å². The van der Waals surface area contributed by atoms with Crippen LogP contribution in [0.5, 0.6) is 0 Å². The van der Waals surface area contributed by atoms with Crippen molar-refractivity contribution in [1.82, 2.24) is 60.0 Å². The number of likely N-dealkylation sites (N-methyl/N-ethyl adjacent to an activating group) is 7. The van der Waals surface area contributed by atoms with E-state index in [9.17, 15) is 32.3 Å². The summed E-state index contributed by atoms with van der Waals surface area (Å²) in [6.45, 7) is 11.1. The highest BCUT2D eigenvalue weighted by atomic mass is 19.4. The molecule has 0 aromatic carbocycles. The monoisotopic (exact) mass is 1590 g/mol. The van der Waals surface area contributed by atoms with Crippen molar-refractivity contribution in [1.29, 1.82) is 0 Å². The van der Waals surface area contributed by atoms with E-state index in [0.717, 1.165) is 21.8 Å². The number of rotatable bonds is 14. The molecule has 0 aromatic heterocycles. The zero-order valence-electron chi connectivity index (χ0n) is 68.7. The van der Waals surface area contributed by atoms with Crippen LogP contribution in [0.3, 0.4) is 0 Å². The normalized spacial score (nSPS) is 33.2. The molecule has 2 saturated heterocycles. The predicted octanol–water partition coefficient (Wildman–Crippen LogP) is 6.76. The molecule has 3 aliphatic heterocycles. The molecular formula is C80H126F6N12O14. The van der Waals surface area contributed by atoms with Crippen molar-refractivity contribution < 1.29 is 93.4 Å². The molecule has 3 N–H and O–H groups in total. The summed E-state index contributed by atoms with van der Waals surface area (Å²) in [6.07, 6.45) is -4.66. The molecule has 8 aliphatic rings. The van der Waals surface area contributed by atoms with Crippen molar-refractivity contribution in [3.8, 4) is 0 Å². The number of amides is 12. The molecular weight excluding hydrogens is 1470 g/mol. The summed E-state index contributed by atoms with van der Waals surface area (Å²) in [6, 6.07) is -11.0. The molecule has 12 amide bonds. The molecule has 632 valence electrons. The second-order valence-electron chi connectivity index (χ2n) is 35.2. The number of alkyl halides is 6. The van der Waals surface area contributed by atoms with Gasteiger partial charge in [-0.3, -0.25) is 57.5 Å². The van der Waals surface area contributed by atoms with Gasteiger partial charge in [0.15, 0.2) is 0 Å². The number of carbonyl (C=O) groups excluding carboxylic acids is 12. The largest absolute Gasteiger partial charge is 0.397 e. The van der Waals surface area contributed by atoms with Gasteiger partial charge in [-0.25, -0.2) is 13.2 Å². The molecule has 3 heterocycles. The number of hydrogen-bond acceptors (Lipinski definition) is 14. The number of methoxy groups -OCH3 is 1. The summed E-state index contributed by atoms with van der Waals surface area (Å²) < 4.78 is 101. The highest BCUT2D eigenvalue weighted by molar-refractivity contribution is 6.01. The lowest BCUT2D eigenvalue weighted by Gasteiger charge is -2.54. The molecule has 1 spiro atoms. The van der Waals surface area contributed by atoms with E-state index in [4.69, 9.17) is 9.47 Å². The van der Waals surface area contributed by atoms with Gasteiger partial charge in [-0.1, -0.05) is 73.0 Å². The Morgan fingerprint density at radius 3 is 1.96 bits per heavy atom. The van der Waals surface area contributed by atoms with Gasteiger partial charge in [-0.15, -0.1) is 0 Å². The van der Waals surface area contributed by atoms with Gasteiger partial charge in [0.05, 0.1) is 31.7 Å². The van der Waals surface area contributed by atoms with Crippen LogP contribution in [0.15, 0.2) is 12.2 Å². The number of nitrogens with zero attached hydrogens (tertiary/aromatic N) is 9. The molecule has 7 fully saturated rings. The van der Waals surface area contributed by atoms with E-state index >= 15 is 51.5 Å². The Morgan fingerprint density at radius 2 is 1.35 bits per heavy atom. The minimum absolute atomic E-state index is 0.0373. The second-order valence-corrected chi connectivity index (χ2v) is 35.2. The molecule has 26 nitrogen and oxygen atoms in total. The minimum atomic E-state index is -4.96. The highest BCUT2D eigenvalue weighted by Gasteiger charge is 2.60. The Kier molecular flexibility index (Phi) is 30.4. The molecule has 0 aromatic rings. The van der Waals surface area contributed by atoms with Crippen molar-refractivity contribution in [2.75, 3.05) is 96.3 Å². The average Bonchev–Trinajstić information content (AvgIpc) is 1.11. The number of ether oxygens (including phenoxy) is 2. The van der Waals surface area contributed by atoms with Crippen LogP contribution in [0.4, 0.5) is 26.3 Å². The quantitative estimate of drug-likeness (QED) is 0.120. The first-order valence-corrected chi connectivity index (χ1v) is 40.6. The Hall–Kier alpha value is -7.12. The summed E-state index contributed by atoms with van der Waals surface area (Å²) in [7, 11) is 12.2. The van der Waals surface area contributed by atoms with Crippen molar-refractivity contribution in [3.05, 3.63) is 12.2 Å². The lowest BCUT2D eigenvalue weighted by Crippen LogP contribution is -2.71. The lowest BCUT2D eigenvalue weighted by atomic mass is 9.58. The van der Waals surface area contributed by atoms with Gasteiger partial charge >= 0.3 is 6.18 Å². The van der Waals surface area contributed by atoms with Gasteiger partial charge in [0.1, 0.15) is 66.0 Å².